The summed E-state index contributed by atoms with van der Waals surface area (Å²) in [6.07, 6.45) is 8.29. The Morgan fingerprint density at radius 1 is 1.42 bits per heavy atom. The number of nitriles is 1. The van der Waals surface area contributed by atoms with Gasteiger partial charge >= 0.3 is 0 Å². The summed E-state index contributed by atoms with van der Waals surface area (Å²) in [5, 5.41) is 10.4. The first-order valence-electron chi connectivity index (χ1n) is 5.67. The largest absolute Gasteiger partial charge is 0.361 e. The summed E-state index contributed by atoms with van der Waals surface area (Å²) in [5.41, 5.74) is 3.66. The molecule has 0 aliphatic carbocycles. The lowest BCUT2D eigenvalue weighted by Crippen LogP contribution is -2.14. The summed E-state index contributed by atoms with van der Waals surface area (Å²) in [7, 11) is 0. The Morgan fingerprint density at radius 2 is 2.16 bits per heavy atom. The minimum Gasteiger partial charge on any atom is -0.361 e. The molecular formula is C14H12N4O. The second-order valence-electron chi connectivity index (χ2n) is 3.97. The van der Waals surface area contributed by atoms with Crippen LogP contribution in [0.3, 0.4) is 0 Å². The normalized spacial score (nSPS) is 10.8. The van der Waals surface area contributed by atoms with Gasteiger partial charge in [0.2, 0.25) is 0 Å². The number of pyridine rings is 1. The highest BCUT2D eigenvalue weighted by Gasteiger charge is 2.04. The third-order valence-corrected chi connectivity index (χ3v) is 2.65. The molecule has 2 aromatic rings. The molecule has 0 aliphatic rings. The number of hydrogen-bond donors (Lipinski definition) is 2. The van der Waals surface area contributed by atoms with Crippen LogP contribution in [-0.2, 0) is 4.79 Å². The summed E-state index contributed by atoms with van der Waals surface area (Å²) in [6, 6.07) is 5.77. The van der Waals surface area contributed by atoms with E-state index in [1.165, 1.54) is 6.08 Å². The third-order valence-electron chi connectivity index (χ3n) is 2.65. The molecule has 0 radical (unpaired) electrons. The van der Waals surface area contributed by atoms with E-state index < -0.39 is 5.91 Å². The number of carbonyl (C=O) groups excluding carboxylic acids is 1. The number of allylic oxidation sites excluding steroid dienone is 1. The summed E-state index contributed by atoms with van der Waals surface area (Å²) in [6.45, 7) is 1.80. The monoisotopic (exact) mass is 252 g/mol. The molecule has 5 heteroatoms. The van der Waals surface area contributed by atoms with Crippen molar-refractivity contribution < 1.29 is 4.79 Å². The lowest BCUT2D eigenvalue weighted by atomic mass is 10.1. The van der Waals surface area contributed by atoms with Crippen molar-refractivity contribution in [2.75, 3.05) is 0 Å². The number of hydrogen-bond acceptors (Lipinski definition) is 3. The van der Waals surface area contributed by atoms with Crippen LogP contribution in [0.4, 0.5) is 0 Å². The molecule has 0 atom stereocenters. The Labute approximate surface area is 110 Å². The zero-order valence-electron chi connectivity index (χ0n) is 10.3. The van der Waals surface area contributed by atoms with Gasteiger partial charge in [-0.1, -0.05) is 0 Å². The molecule has 2 N–H and O–H groups in total. The average Bonchev–Trinajstić information content (AvgIpc) is 2.89. The molecule has 0 unspecified atom stereocenters. The van der Waals surface area contributed by atoms with Crippen LogP contribution < -0.4 is 5.32 Å². The van der Waals surface area contributed by atoms with E-state index in [1.807, 2.05) is 24.4 Å². The van der Waals surface area contributed by atoms with Gasteiger partial charge in [-0.25, -0.2) is 0 Å². The number of nitrogens with zero attached hydrogens (tertiary/aromatic N) is 2. The number of amides is 1. The van der Waals surface area contributed by atoms with Gasteiger partial charge in [0.05, 0.1) is 0 Å². The number of aromatic amines is 1. The van der Waals surface area contributed by atoms with Crippen molar-refractivity contribution in [2.24, 2.45) is 0 Å². The number of nitrogens with one attached hydrogen (secondary N) is 2. The zero-order valence-corrected chi connectivity index (χ0v) is 10.3. The predicted molar refractivity (Wildman–Crippen MR) is 71.4 cm³/mol. The van der Waals surface area contributed by atoms with Crippen molar-refractivity contribution in [3.05, 3.63) is 48.6 Å². The van der Waals surface area contributed by atoms with Gasteiger partial charge in [-0.2, -0.15) is 5.26 Å². The number of rotatable bonds is 3. The molecule has 0 fully saturated rings. The Balaban J connectivity index is 2.22. The summed E-state index contributed by atoms with van der Waals surface area (Å²) >= 11 is 0. The van der Waals surface area contributed by atoms with E-state index in [2.05, 4.69) is 15.3 Å². The first-order valence-corrected chi connectivity index (χ1v) is 5.67. The predicted octanol–water partition coefficient (Wildman–Crippen LogP) is 2.08. The van der Waals surface area contributed by atoms with Crippen LogP contribution >= 0.6 is 0 Å². The van der Waals surface area contributed by atoms with Crippen LogP contribution in [0.15, 0.2) is 42.9 Å². The Hall–Kier alpha value is -2.87. The SMILES string of the molecule is C/C(=C\C(=O)NC#N)c1cc(-c2ccncc2)c[nH]1. The van der Waals surface area contributed by atoms with Gasteiger partial charge in [-0.15, -0.1) is 0 Å². The Morgan fingerprint density at radius 3 is 2.84 bits per heavy atom. The fourth-order valence-electron chi connectivity index (χ4n) is 1.70. The Bertz CT molecular complexity index is 650. The molecule has 0 bridgehead atoms. The zero-order chi connectivity index (χ0) is 13.7. The second-order valence-corrected chi connectivity index (χ2v) is 3.97. The maximum Gasteiger partial charge on any atom is 0.257 e. The van der Waals surface area contributed by atoms with Crippen LogP contribution in [-0.4, -0.2) is 15.9 Å². The van der Waals surface area contributed by atoms with Crippen molar-refractivity contribution in [2.45, 2.75) is 6.92 Å². The lowest BCUT2D eigenvalue weighted by molar-refractivity contribution is -0.115. The van der Waals surface area contributed by atoms with E-state index in [0.717, 1.165) is 22.4 Å². The minimum absolute atomic E-state index is 0.430. The molecule has 0 aromatic carbocycles. The van der Waals surface area contributed by atoms with Crippen molar-refractivity contribution in [1.82, 2.24) is 15.3 Å². The Kier molecular flexibility index (Phi) is 3.74. The molecule has 2 aromatic heterocycles. The molecule has 2 rings (SSSR count). The molecule has 0 saturated heterocycles. The van der Waals surface area contributed by atoms with Crippen molar-refractivity contribution in [1.29, 1.82) is 5.26 Å². The number of carbonyl (C=O) groups is 1. The van der Waals surface area contributed by atoms with E-state index in [1.54, 1.807) is 25.5 Å². The topological polar surface area (TPSA) is 81.6 Å². The summed E-state index contributed by atoms with van der Waals surface area (Å²) in [5.74, 6) is -0.430. The quantitative estimate of drug-likeness (QED) is 0.498. The second kappa shape index (κ2) is 5.65. The average molecular weight is 252 g/mol. The molecular weight excluding hydrogens is 240 g/mol. The smallest absolute Gasteiger partial charge is 0.257 e. The van der Waals surface area contributed by atoms with E-state index in [0.29, 0.717) is 0 Å². The molecule has 0 spiro atoms. The van der Waals surface area contributed by atoms with E-state index in [9.17, 15) is 4.79 Å². The molecule has 1 amide bonds. The number of aromatic nitrogens is 2. The molecule has 2 heterocycles. The van der Waals surface area contributed by atoms with Crippen molar-refractivity contribution in [3.63, 3.8) is 0 Å². The third kappa shape index (κ3) is 3.07. The molecule has 0 aliphatic heterocycles. The first kappa shape index (κ1) is 12.6. The van der Waals surface area contributed by atoms with Crippen LogP contribution in [0.1, 0.15) is 12.6 Å². The maximum atomic E-state index is 11.3. The van der Waals surface area contributed by atoms with Crippen LogP contribution in [0, 0.1) is 11.5 Å². The highest BCUT2D eigenvalue weighted by molar-refractivity contribution is 5.95. The highest BCUT2D eigenvalue weighted by atomic mass is 16.1. The van der Waals surface area contributed by atoms with Crippen LogP contribution in [0.25, 0.3) is 16.7 Å². The van der Waals surface area contributed by atoms with Crippen molar-refractivity contribution >= 4 is 11.5 Å². The lowest BCUT2D eigenvalue weighted by Gasteiger charge is -1.96. The van der Waals surface area contributed by atoms with Gasteiger partial charge in [0, 0.05) is 30.4 Å². The summed E-state index contributed by atoms with van der Waals surface area (Å²) in [4.78, 5) is 18.3. The van der Waals surface area contributed by atoms with E-state index >= 15 is 0 Å². The van der Waals surface area contributed by atoms with Gasteiger partial charge in [0.25, 0.3) is 5.91 Å². The fourth-order valence-corrected chi connectivity index (χ4v) is 1.70. The molecule has 94 valence electrons. The maximum absolute atomic E-state index is 11.3. The summed E-state index contributed by atoms with van der Waals surface area (Å²) < 4.78 is 0. The van der Waals surface area contributed by atoms with Gasteiger partial charge < -0.3 is 4.98 Å². The molecule has 5 nitrogen and oxygen atoms in total. The highest BCUT2D eigenvalue weighted by Crippen LogP contribution is 2.22. The standard InChI is InChI=1S/C14H12N4O/c1-10(6-14(19)18-9-15)13-7-12(8-17-13)11-2-4-16-5-3-11/h2-8,17H,1H3,(H,18,19)/b10-6+. The van der Waals surface area contributed by atoms with Gasteiger partial charge in [-0.3, -0.25) is 15.1 Å². The molecule has 19 heavy (non-hydrogen) atoms. The molecule has 0 saturated carbocycles. The van der Waals surface area contributed by atoms with E-state index in [4.69, 9.17) is 5.26 Å². The van der Waals surface area contributed by atoms with Gasteiger partial charge in [0.1, 0.15) is 0 Å². The van der Waals surface area contributed by atoms with E-state index in [-0.39, 0.29) is 0 Å². The first-order chi connectivity index (χ1) is 9.20. The van der Waals surface area contributed by atoms with Crippen LogP contribution in [0.5, 0.6) is 0 Å². The van der Waals surface area contributed by atoms with Crippen molar-refractivity contribution in [3.8, 4) is 17.3 Å². The minimum atomic E-state index is -0.430. The number of H-pyrrole nitrogens is 1. The van der Waals surface area contributed by atoms with Gasteiger partial charge in [0.15, 0.2) is 6.19 Å². The van der Waals surface area contributed by atoms with Crippen LogP contribution in [0.2, 0.25) is 0 Å². The van der Waals surface area contributed by atoms with Gasteiger partial charge in [-0.05, 0) is 41.8 Å². The fraction of sp³-hybridized carbons (Fsp3) is 0.0714.